The number of rotatable bonds is 6. The molecule has 4 atom stereocenters. The second-order valence-electron chi connectivity index (χ2n) is 7.52. The van der Waals surface area contributed by atoms with E-state index in [9.17, 15) is 9.18 Å². The number of nitrogens with zero attached hydrogens (tertiary/aromatic N) is 4. The number of benzene rings is 1. The van der Waals surface area contributed by atoms with Crippen LogP contribution in [0.15, 0.2) is 30.5 Å². The van der Waals surface area contributed by atoms with Crippen LogP contribution in [0.25, 0.3) is 0 Å². The van der Waals surface area contributed by atoms with Gasteiger partial charge in [-0.05, 0) is 43.0 Å². The van der Waals surface area contributed by atoms with Crippen molar-refractivity contribution in [1.29, 1.82) is 0 Å². The molecule has 27 heavy (non-hydrogen) atoms. The Morgan fingerprint density at radius 3 is 2.81 bits per heavy atom. The minimum absolute atomic E-state index is 0.0193. The zero-order valence-electron chi connectivity index (χ0n) is 15.2. The Morgan fingerprint density at radius 1 is 1.33 bits per heavy atom. The third-order valence-electron chi connectivity index (χ3n) is 5.79. The topological polar surface area (TPSA) is 89.1 Å². The van der Waals surface area contributed by atoms with Gasteiger partial charge < -0.3 is 11.1 Å². The van der Waals surface area contributed by atoms with Crippen molar-refractivity contribution in [2.75, 3.05) is 13.1 Å². The molecule has 0 saturated carbocycles. The van der Waals surface area contributed by atoms with Crippen LogP contribution in [0.5, 0.6) is 0 Å². The van der Waals surface area contributed by atoms with E-state index in [1.165, 1.54) is 12.1 Å². The summed E-state index contributed by atoms with van der Waals surface area (Å²) in [5.74, 6) is 0.245. The van der Waals surface area contributed by atoms with Crippen molar-refractivity contribution in [1.82, 2.24) is 25.2 Å². The predicted molar refractivity (Wildman–Crippen MR) is 97.7 cm³/mol. The van der Waals surface area contributed by atoms with Crippen molar-refractivity contribution in [3.8, 4) is 0 Å². The third kappa shape index (κ3) is 4.01. The molecule has 2 aromatic rings. The van der Waals surface area contributed by atoms with Crippen LogP contribution in [0, 0.1) is 17.7 Å². The van der Waals surface area contributed by atoms with Crippen LogP contribution in [-0.4, -0.2) is 44.9 Å². The fourth-order valence-corrected chi connectivity index (χ4v) is 4.28. The van der Waals surface area contributed by atoms with Gasteiger partial charge in [0.15, 0.2) is 0 Å². The molecule has 2 bridgehead atoms. The third-order valence-corrected chi connectivity index (χ3v) is 5.79. The van der Waals surface area contributed by atoms with Gasteiger partial charge in [0, 0.05) is 31.9 Å². The smallest absolute Gasteiger partial charge is 0.224 e. The lowest BCUT2D eigenvalue weighted by atomic mass is 9.75. The van der Waals surface area contributed by atoms with Crippen LogP contribution in [-0.2, 0) is 24.4 Å². The van der Waals surface area contributed by atoms with Gasteiger partial charge in [0.2, 0.25) is 5.91 Å². The first kappa shape index (κ1) is 18.1. The van der Waals surface area contributed by atoms with Gasteiger partial charge in [0.25, 0.3) is 0 Å². The van der Waals surface area contributed by atoms with Gasteiger partial charge >= 0.3 is 0 Å². The normalized spacial score (nSPS) is 26.9. The number of hydrogen-bond acceptors (Lipinski definition) is 5. The quantitative estimate of drug-likeness (QED) is 0.787. The summed E-state index contributed by atoms with van der Waals surface area (Å²) in [7, 11) is 0. The van der Waals surface area contributed by atoms with Crippen LogP contribution >= 0.6 is 0 Å². The lowest BCUT2D eigenvalue weighted by molar-refractivity contribution is -0.133. The van der Waals surface area contributed by atoms with E-state index in [4.69, 9.17) is 5.73 Å². The molecule has 8 heteroatoms. The summed E-state index contributed by atoms with van der Waals surface area (Å²) in [6.45, 7) is 3.42. The molecule has 5 rings (SSSR count). The van der Waals surface area contributed by atoms with E-state index >= 15 is 0 Å². The Hall–Kier alpha value is -2.32. The van der Waals surface area contributed by atoms with Crippen molar-refractivity contribution in [3.05, 3.63) is 47.5 Å². The number of carbonyl (C=O) groups is 1. The lowest BCUT2D eigenvalue weighted by Gasteiger charge is -2.49. The molecule has 4 heterocycles. The number of piperidine rings is 3. The molecule has 3 N–H and O–H groups in total. The minimum Gasteiger partial charge on any atom is -0.352 e. The van der Waals surface area contributed by atoms with Crippen molar-refractivity contribution in [3.63, 3.8) is 0 Å². The summed E-state index contributed by atoms with van der Waals surface area (Å²) in [5, 5.41) is 11.2. The van der Waals surface area contributed by atoms with Gasteiger partial charge in [-0.3, -0.25) is 14.4 Å². The second kappa shape index (κ2) is 7.74. The molecule has 1 aromatic carbocycles. The number of aromatic nitrogens is 3. The largest absolute Gasteiger partial charge is 0.352 e. The zero-order valence-corrected chi connectivity index (χ0v) is 15.2. The standard InChI is InChI=1S/C19H25FN6O/c20-15-3-1-13(2-4-15)9-22-19(27)18-12-25-6-5-14(18)7-17(25)11-26-10-16(8-21)23-24-26/h1-4,10,14,17-18H,5-9,11-12,21H2,(H,22,27)/t14-,17+,18-/m0/s1. The van der Waals surface area contributed by atoms with E-state index in [-0.39, 0.29) is 17.6 Å². The van der Waals surface area contributed by atoms with E-state index in [0.717, 1.165) is 43.7 Å². The summed E-state index contributed by atoms with van der Waals surface area (Å²) in [4.78, 5) is 15.1. The number of carbonyl (C=O) groups excluding carboxylic acids is 1. The number of amides is 1. The molecule has 144 valence electrons. The maximum absolute atomic E-state index is 13.0. The van der Waals surface area contributed by atoms with Crippen molar-refractivity contribution >= 4 is 5.91 Å². The number of fused-ring (bicyclic) bond motifs is 3. The fraction of sp³-hybridized carbons (Fsp3) is 0.526. The number of hydrogen-bond donors (Lipinski definition) is 2. The highest BCUT2D eigenvalue weighted by atomic mass is 19.1. The Labute approximate surface area is 157 Å². The van der Waals surface area contributed by atoms with E-state index in [1.54, 1.807) is 12.1 Å². The predicted octanol–water partition coefficient (Wildman–Crippen LogP) is 0.903. The number of halogens is 1. The first-order chi connectivity index (χ1) is 13.1. The average molecular weight is 372 g/mol. The van der Waals surface area contributed by atoms with Gasteiger partial charge in [-0.15, -0.1) is 5.10 Å². The van der Waals surface area contributed by atoms with Crippen molar-refractivity contribution in [2.24, 2.45) is 17.6 Å². The van der Waals surface area contributed by atoms with Crippen molar-refractivity contribution in [2.45, 2.75) is 38.5 Å². The average Bonchev–Trinajstić information content (AvgIpc) is 3.15. The van der Waals surface area contributed by atoms with Gasteiger partial charge in [-0.2, -0.15) is 0 Å². The molecule has 1 unspecified atom stereocenters. The van der Waals surface area contributed by atoms with E-state index in [2.05, 4.69) is 20.5 Å². The van der Waals surface area contributed by atoms with Gasteiger partial charge in [0.1, 0.15) is 5.82 Å². The molecule has 0 aliphatic carbocycles. The first-order valence-corrected chi connectivity index (χ1v) is 9.47. The van der Waals surface area contributed by atoms with Crippen molar-refractivity contribution < 1.29 is 9.18 Å². The molecule has 3 aliphatic heterocycles. The highest BCUT2D eigenvalue weighted by Crippen LogP contribution is 2.36. The van der Waals surface area contributed by atoms with E-state index in [1.807, 2.05) is 10.9 Å². The first-order valence-electron chi connectivity index (χ1n) is 9.47. The summed E-state index contributed by atoms with van der Waals surface area (Å²) < 4.78 is 14.8. The van der Waals surface area contributed by atoms with Gasteiger partial charge in [-0.1, -0.05) is 17.3 Å². The van der Waals surface area contributed by atoms with E-state index < -0.39 is 0 Å². The molecular formula is C19H25FN6O. The van der Waals surface area contributed by atoms with Crippen LogP contribution in [0.1, 0.15) is 24.1 Å². The molecular weight excluding hydrogens is 347 g/mol. The summed E-state index contributed by atoms with van der Waals surface area (Å²) in [6.07, 6.45) is 3.94. The maximum Gasteiger partial charge on any atom is 0.224 e. The monoisotopic (exact) mass is 372 g/mol. The van der Waals surface area contributed by atoms with Crippen LogP contribution < -0.4 is 11.1 Å². The molecule has 1 aromatic heterocycles. The Kier molecular flexibility index (Phi) is 5.18. The number of nitrogens with two attached hydrogens (primary N) is 1. The molecule has 3 saturated heterocycles. The van der Waals surface area contributed by atoms with Crippen LogP contribution in [0.4, 0.5) is 4.39 Å². The minimum atomic E-state index is -0.264. The molecule has 0 spiro atoms. The van der Waals surface area contributed by atoms with Crippen LogP contribution in [0.2, 0.25) is 0 Å². The summed E-state index contributed by atoms with van der Waals surface area (Å²) in [6, 6.07) is 6.63. The van der Waals surface area contributed by atoms with Gasteiger partial charge in [0.05, 0.1) is 18.2 Å². The Bertz CT molecular complexity index is 792. The second-order valence-corrected chi connectivity index (χ2v) is 7.52. The summed E-state index contributed by atoms with van der Waals surface area (Å²) in [5.41, 5.74) is 7.30. The molecule has 0 radical (unpaired) electrons. The lowest BCUT2D eigenvalue weighted by Crippen LogP contribution is -2.58. The van der Waals surface area contributed by atoms with Crippen LogP contribution in [0.3, 0.4) is 0 Å². The molecule has 7 nitrogen and oxygen atoms in total. The SMILES string of the molecule is NCc1cn(C[C@H]2C[C@@H]3CCN2C[C@@H]3C(=O)NCc2ccc(F)cc2)nn1. The van der Waals surface area contributed by atoms with Gasteiger partial charge in [-0.25, -0.2) is 4.39 Å². The molecule has 1 amide bonds. The molecule has 3 fully saturated rings. The summed E-state index contributed by atoms with van der Waals surface area (Å²) >= 11 is 0. The Balaban J connectivity index is 1.32. The highest BCUT2D eigenvalue weighted by molar-refractivity contribution is 5.79. The number of nitrogens with one attached hydrogen (secondary N) is 1. The molecule has 3 aliphatic rings. The maximum atomic E-state index is 13.0. The highest BCUT2D eigenvalue weighted by Gasteiger charge is 2.43. The van der Waals surface area contributed by atoms with E-state index in [0.29, 0.717) is 25.0 Å². The fourth-order valence-electron chi connectivity index (χ4n) is 4.28. The Morgan fingerprint density at radius 2 is 2.15 bits per heavy atom. The zero-order chi connectivity index (χ0) is 18.8.